The fourth-order valence-electron chi connectivity index (χ4n) is 2.83. The molecule has 0 atom stereocenters. The van der Waals surface area contributed by atoms with Crippen molar-refractivity contribution >= 4 is 11.6 Å². The molecule has 4 nitrogen and oxygen atoms in total. The third-order valence-corrected chi connectivity index (χ3v) is 4.25. The van der Waals surface area contributed by atoms with Gasteiger partial charge in [-0.15, -0.1) is 0 Å². The second kappa shape index (κ2) is 7.61. The summed E-state index contributed by atoms with van der Waals surface area (Å²) < 4.78 is 31.6. The molecule has 1 aliphatic rings. The second-order valence-electron chi connectivity index (χ2n) is 6.06. The predicted molar refractivity (Wildman–Crippen MR) is 91.6 cm³/mol. The van der Waals surface area contributed by atoms with Gasteiger partial charge in [-0.1, -0.05) is 12.1 Å². The quantitative estimate of drug-likeness (QED) is 0.853. The molecule has 1 heterocycles. The third kappa shape index (κ3) is 4.14. The summed E-state index contributed by atoms with van der Waals surface area (Å²) in [6.45, 7) is 3.59. The standard InChI is InChI=1S/C19H20F2N2O2/c1-22(19(24)15-4-7-17(20)18(21)12-15)13-14-2-5-16(6-3-14)23-8-10-25-11-9-23/h2-7,12H,8-11,13H2,1H3. The van der Waals surface area contributed by atoms with Crippen molar-refractivity contribution in [3.63, 3.8) is 0 Å². The van der Waals surface area contributed by atoms with Crippen LogP contribution >= 0.6 is 0 Å². The van der Waals surface area contributed by atoms with Gasteiger partial charge in [0, 0.05) is 37.9 Å². The van der Waals surface area contributed by atoms with Crippen LogP contribution in [0.4, 0.5) is 14.5 Å². The van der Waals surface area contributed by atoms with Crippen LogP contribution in [-0.2, 0) is 11.3 Å². The monoisotopic (exact) mass is 346 g/mol. The Morgan fingerprint density at radius 2 is 1.76 bits per heavy atom. The van der Waals surface area contributed by atoms with Crippen LogP contribution in [0.15, 0.2) is 42.5 Å². The maximum atomic E-state index is 13.3. The van der Waals surface area contributed by atoms with Crippen molar-refractivity contribution in [1.29, 1.82) is 0 Å². The predicted octanol–water partition coefficient (Wildman–Crippen LogP) is 3.07. The van der Waals surface area contributed by atoms with E-state index in [1.165, 1.54) is 11.0 Å². The molecule has 0 spiro atoms. The highest BCUT2D eigenvalue weighted by Gasteiger charge is 2.15. The van der Waals surface area contributed by atoms with Crippen LogP contribution in [-0.4, -0.2) is 44.2 Å². The molecule has 0 N–H and O–H groups in total. The number of benzene rings is 2. The van der Waals surface area contributed by atoms with Gasteiger partial charge in [-0.05, 0) is 35.9 Å². The van der Waals surface area contributed by atoms with Crippen LogP contribution in [0, 0.1) is 11.6 Å². The van der Waals surface area contributed by atoms with Crippen molar-refractivity contribution < 1.29 is 18.3 Å². The molecule has 0 unspecified atom stereocenters. The number of rotatable bonds is 4. The summed E-state index contributed by atoms with van der Waals surface area (Å²) in [5.41, 5.74) is 2.23. The normalized spacial score (nSPS) is 14.4. The maximum Gasteiger partial charge on any atom is 0.254 e. The minimum atomic E-state index is -1.02. The number of ether oxygens (including phenoxy) is 1. The third-order valence-electron chi connectivity index (χ3n) is 4.25. The maximum absolute atomic E-state index is 13.3. The molecule has 132 valence electrons. The van der Waals surface area contributed by atoms with Gasteiger partial charge in [0.25, 0.3) is 5.91 Å². The summed E-state index contributed by atoms with van der Waals surface area (Å²) in [7, 11) is 1.64. The molecule has 0 aliphatic carbocycles. The van der Waals surface area contributed by atoms with Gasteiger partial charge in [0.05, 0.1) is 13.2 Å². The van der Waals surface area contributed by atoms with Gasteiger partial charge in [0.1, 0.15) is 0 Å². The Morgan fingerprint density at radius 3 is 2.40 bits per heavy atom. The first-order valence-corrected chi connectivity index (χ1v) is 8.17. The Kier molecular flexibility index (Phi) is 5.28. The van der Waals surface area contributed by atoms with Crippen molar-refractivity contribution in [1.82, 2.24) is 4.90 Å². The lowest BCUT2D eigenvalue weighted by Gasteiger charge is -2.29. The number of morpholine rings is 1. The lowest BCUT2D eigenvalue weighted by Crippen LogP contribution is -2.36. The zero-order chi connectivity index (χ0) is 17.8. The van der Waals surface area contributed by atoms with Crippen molar-refractivity contribution in [3.05, 3.63) is 65.2 Å². The Hall–Kier alpha value is -2.47. The van der Waals surface area contributed by atoms with E-state index in [1.54, 1.807) is 7.05 Å². The number of anilines is 1. The van der Waals surface area contributed by atoms with Crippen LogP contribution in [0.5, 0.6) is 0 Å². The van der Waals surface area contributed by atoms with E-state index in [0.717, 1.165) is 49.7 Å². The molecular formula is C19H20F2N2O2. The van der Waals surface area contributed by atoms with Crippen molar-refractivity contribution in [3.8, 4) is 0 Å². The average molecular weight is 346 g/mol. The van der Waals surface area contributed by atoms with Gasteiger partial charge >= 0.3 is 0 Å². The largest absolute Gasteiger partial charge is 0.378 e. The topological polar surface area (TPSA) is 32.8 Å². The van der Waals surface area contributed by atoms with Crippen LogP contribution in [0.2, 0.25) is 0 Å². The van der Waals surface area contributed by atoms with Crippen LogP contribution < -0.4 is 4.90 Å². The van der Waals surface area contributed by atoms with E-state index in [2.05, 4.69) is 4.90 Å². The van der Waals surface area contributed by atoms with Crippen molar-refractivity contribution in [2.24, 2.45) is 0 Å². The lowest BCUT2D eigenvalue weighted by atomic mass is 10.1. The molecule has 0 aromatic heterocycles. The molecule has 1 fully saturated rings. The minimum absolute atomic E-state index is 0.131. The summed E-state index contributed by atoms with van der Waals surface area (Å²) >= 11 is 0. The molecule has 0 radical (unpaired) electrons. The number of nitrogens with zero attached hydrogens (tertiary/aromatic N) is 2. The van der Waals surface area contributed by atoms with Crippen LogP contribution in [0.1, 0.15) is 15.9 Å². The molecule has 6 heteroatoms. The molecule has 0 saturated carbocycles. The van der Waals surface area contributed by atoms with E-state index in [1.807, 2.05) is 24.3 Å². The Balaban J connectivity index is 1.64. The second-order valence-corrected chi connectivity index (χ2v) is 6.06. The van der Waals surface area contributed by atoms with E-state index in [9.17, 15) is 13.6 Å². The van der Waals surface area contributed by atoms with Gasteiger partial charge < -0.3 is 14.5 Å². The van der Waals surface area contributed by atoms with Gasteiger partial charge in [-0.25, -0.2) is 8.78 Å². The van der Waals surface area contributed by atoms with Crippen LogP contribution in [0.3, 0.4) is 0 Å². The summed E-state index contributed by atoms with van der Waals surface area (Å²) in [6, 6.07) is 11.2. The zero-order valence-corrected chi connectivity index (χ0v) is 14.0. The highest BCUT2D eigenvalue weighted by molar-refractivity contribution is 5.94. The summed E-state index contributed by atoms with van der Waals surface area (Å²) in [5, 5.41) is 0. The van der Waals surface area contributed by atoms with Gasteiger partial charge in [-0.2, -0.15) is 0 Å². The summed E-state index contributed by atoms with van der Waals surface area (Å²) in [5.74, 6) is -2.33. The number of hydrogen-bond donors (Lipinski definition) is 0. The van der Waals surface area contributed by atoms with E-state index in [4.69, 9.17) is 4.74 Å². The first kappa shape index (κ1) is 17.4. The molecule has 3 rings (SSSR count). The summed E-state index contributed by atoms with van der Waals surface area (Å²) in [6.07, 6.45) is 0. The minimum Gasteiger partial charge on any atom is -0.378 e. The highest BCUT2D eigenvalue weighted by atomic mass is 19.2. The molecular weight excluding hydrogens is 326 g/mol. The molecule has 1 amide bonds. The van der Waals surface area contributed by atoms with E-state index >= 15 is 0 Å². The lowest BCUT2D eigenvalue weighted by molar-refractivity contribution is 0.0784. The van der Waals surface area contributed by atoms with Gasteiger partial charge in [0.2, 0.25) is 0 Å². The Morgan fingerprint density at radius 1 is 1.08 bits per heavy atom. The number of carbonyl (C=O) groups excluding carboxylic acids is 1. The van der Waals surface area contributed by atoms with E-state index in [-0.39, 0.29) is 11.5 Å². The molecule has 2 aromatic carbocycles. The summed E-state index contributed by atoms with van der Waals surface area (Å²) in [4.78, 5) is 16.1. The molecule has 0 bridgehead atoms. The number of hydrogen-bond acceptors (Lipinski definition) is 3. The van der Waals surface area contributed by atoms with Gasteiger partial charge in [-0.3, -0.25) is 4.79 Å². The fraction of sp³-hybridized carbons (Fsp3) is 0.316. The SMILES string of the molecule is CN(Cc1ccc(N2CCOCC2)cc1)C(=O)c1ccc(F)c(F)c1. The molecule has 2 aromatic rings. The van der Waals surface area contributed by atoms with Gasteiger partial charge in [0.15, 0.2) is 11.6 Å². The smallest absolute Gasteiger partial charge is 0.254 e. The number of carbonyl (C=O) groups is 1. The molecule has 1 aliphatic heterocycles. The first-order valence-electron chi connectivity index (χ1n) is 8.17. The highest BCUT2D eigenvalue weighted by Crippen LogP contribution is 2.18. The van der Waals surface area contributed by atoms with E-state index in [0.29, 0.717) is 6.54 Å². The average Bonchev–Trinajstić information content (AvgIpc) is 2.64. The van der Waals surface area contributed by atoms with Crippen molar-refractivity contribution in [2.45, 2.75) is 6.54 Å². The number of amides is 1. The molecule has 25 heavy (non-hydrogen) atoms. The first-order chi connectivity index (χ1) is 12.0. The van der Waals surface area contributed by atoms with Crippen LogP contribution in [0.25, 0.3) is 0 Å². The zero-order valence-electron chi connectivity index (χ0n) is 14.0. The Bertz CT molecular complexity index is 744. The number of halogens is 2. The van der Waals surface area contributed by atoms with Crippen molar-refractivity contribution in [2.75, 3.05) is 38.3 Å². The fourth-order valence-corrected chi connectivity index (χ4v) is 2.83. The Labute approximate surface area is 145 Å². The van der Waals surface area contributed by atoms with E-state index < -0.39 is 11.6 Å². The molecule has 1 saturated heterocycles.